The zero-order valence-electron chi connectivity index (χ0n) is 13.7. The average molecular weight is 364 g/mol. The smallest absolute Gasteiger partial charge is 0.307 e. The molecule has 1 aliphatic heterocycles. The van der Waals surface area contributed by atoms with Crippen LogP contribution in [0.1, 0.15) is 12.3 Å². The van der Waals surface area contributed by atoms with E-state index in [1.54, 1.807) is 18.3 Å². The van der Waals surface area contributed by atoms with Crippen LogP contribution in [0.15, 0.2) is 34.9 Å². The molecule has 0 aliphatic carbocycles. The molecule has 25 heavy (non-hydrogen) atoms. The predicted molar refractivity (Wildman–Crippen MR) is 90.8 cm³/mol. The molecule has 1 aliphatic rings. The Balaban J connectivity index is 1.74. The van der Waals surface area contributed by atoms with Crippen molar-refractivity contribution < 1.29 is 18.7 Å². The van der Waals surface area contributed by atoms with Gasteiger partial charge in [-0.15, -0.1) is 0 Å². The molecule has 1 atom stereocenters. The average Bonchev–Trinajstić information content (AvgIpc) is 3.06. The van der Waals surface area contributed by atoms with Gasteiger partial charge in [0.2, 0.25) is 11.8 Å². The Morgan fingerprint density at radius 2 is 2.36 bits per heavy atom. The second-order valence-corrected chi connectivity index (χ2v) is 6.12. The number of benzene rings is 1. The minimum atomic E-state index is -0.595. The van der Waals surface area contributed by atoms with E-state index in [0.29, 0.717) is 36.3 Å². The van der Waals surface area contributed by atoms with Gasteiger partial charge in [0.1, 0.15) is 6.04 Å². The van der Waals surface area contributed by atoms with Crippen molar-refractivity contribution in [3.05, 3.63) is 41.4 Å². The van der Waals surface area contributed by atoms with Crippen LogP contribution < -0.4 is 5.32 Å². The highest BCUT2D eigenvalue weighted by Gasteiger charge is 2.32. The molecule has 1 aromatic carbocycles. The number of nitrogens with zero attached hydrogens (tertiary/aromatic N) is 2. The number of ether oxygens (including phenoxy) is 1. The number of amides is 1. The minimum absolute atomic E-state index is 0.00973. The lowest BCUT2D eigenvalue weighted by atomic mass is 10.1. The van der Waals surface area contributed by atoms with Crippen LogP contribution in [0.4, 0.5) is 0 Å². The Bertz CT molecular complexity index is 777. The molecule has 7 nitrogen and oxygen atoms in total. The van der Waals surface area contributed by atoms with Gasteiger partial charge in [0.05, 0.1) is 26.3 Å². The summed E-state index contributed by atoms with van der Waals surface area (Å²) in [7, 11) is 1.30. The number of oxazole rings is 1. The zero-order chi connectivity index (χ0) is 17.8. The van der Waals surface area contributed by atoms with E-state index >= 15 is 0 Å². The number of nitrogens with one attached hydrogen (secondary N) is 1. The third kappa shape index (κ3) is 4.18. The van der Waals surface area contributed by atoms with Crippen molar-refractivity contribution >= 4 is 23.5 Å². The quantitative estimate of drug-likeness (QED) is 0.816. The molecule has 1 saturated heterocycles. The van der Waals surface area contributed by atoms with E-state index < -0.39 is 12.0 Å². The molecule has 1 fully saturated rings. The maximum Gasteiger partial charge on any atom is 0.307 e. The van der Waals surface area contributed by atoms with Crippen LogP contribution in [0.25, 0.3) is 11.3 Å². The number of methoxy groups -OCH3 is 1. The number of esters is 1. The number of rotatable bonds is 5. The molecule has 2 aromatic rings. The van der Waals surface area contributed by atoms with Gasteiger partial charge in [-0.25, -0.2) is 4.98 Å². The van der Waals surface area contributed by atoms with Crippen LogP contribution in [-0.4, -0.2) is 48.0 Å². The largest absolute Gasteiger partial charge is 0.469 e. The molecule has 0 bridgehead atoms. The molecule has 132 valence electrons. The van der Waals surface area contributed by atoms with Gasteiger partial charge in [-0.3, -0.25) is 14.5 Å². The second kappa shape index (κ2) is 7.67. The fraction of sp³-hybridized carbons (Fsp3) is 0.353. The van der Waals surface area contributed by atoms with Crippen molar-refractivity contribution in [1.29, 1.82) is 0 Å². The van der Waals surface area contributed by atoms with Crippen LogP contribution in [0.2, 0.25) is 5.02 Å². The Kier molecular flexibility index (Phi) is 5.35. The standard InChI is InChI=1S/C17H18ClN3O4/c1-24-16(22)8-13-17(23)19-5-6-21(13)10-15-20-9-14(25-15)11-3-2-4-12(18)7-11/h2-4,7,9,13H,5-6,8,10H2,1H3,(H,19,23)/t13-/m0/s1. The molecule has 0 saturated carbocycles. The van der Waals surface area contributed by atoms with Crippen LogP contribution in [0, 0.1) is 0 Å². The summed E-state index contributed by atoms with van der Waals surface area (Å²) in [5.41, 5.74) is 0.828. The summed E-state index contributed by atoms with van der Waals surface area (Å²) < 4.78 is 10.5. The first-order chi connectivity index (χ1) is 12.1. The summed E-state index contributed by atoms with van der Waals surface area (Å²) in [5.74, 6) is 0.445. The van der Waals surface area contributed by atoms with Crippen molar-refractivity contribution in [2.45, 2.75) is 19.0 Å². The Morgan fingerprint density at radius 3 is 3.12 bits per heavy atom. The van der Waals surface area contributed by atoms with E-state index in [-0.39, 0.29) is 12.3 Å². The van der Waals surface area contributed by atoms with Crippen molar-refractivity contribution in [2.24, 2.45) is 0 Å². The fourth-order valence-electron chi connectivity index (χ4n) is 2.75. The van der Waals surface area contributed by atoms with E-state index in [1.807, 2.05) is 17.0 Å². The van der Waals surface area contributed by atoms with Gasteiger partial charge in [-0.1, -0.05) is 23.7 Å². The third-order valence-corrected chi connectivity index (χ3v) is 4.27. The van der Waals surface area contributed by atoms with Crippen LogP contribution in [0.5, 0.6) is 0 Å². The molecule has 1 amide bonds. The van der Waals surface area contributed by atoms with E-state index in [4.69, 9.17) is 16.0 Å². The van der Waals surface area contributed by atoms with Crippen LogP contribution >= 0.6 is 11.6 Å². The van der Waals surface area contributed by atoms with Crippen LogP contribution in [0.3, 0.4) is 0 Å². The number of halogens is 1. The van der Waals surface area contributed by atoms with E-state index in [1.165, 1.54) is 7.11 Å². The van der Waals surface area contributed by atoms with Crippen molar-refractivity contribution in [3.8, 4) is 11.3 Å². The summed E-state index contributed by atoms with van der Waals surface area (Å²) in [6.45, 7) is 1.44. The summed E-state index contributed by atoms with van der Waals surface area (Å²) >= 11 is 6.00. The molecule has 1 N–H and O–H groups in total. The molecule has 1 aromatic heterocycles. The Labute approximate surface area is 149 Å². The Morgan fingerprint density at radius 1 is 1.52 bits per heavy atom. The van der Waals surface area contributed by atoms with Gasteiger partial charge in [0, 0.05) is 23.7 Å². The highest BCUT2D eigenvalue weighted by atomic mass is 35.5. The van der Waals surface area contributed by atoms with Crippen molar-refractivity contribution in [3.63, 3.8) is 0 Å². The molecule has 3 rings (SSSR count). The topological polar surface area (TPSA) is 84.7 Å². The van der Waals surface area contributed by atoms with Crippen molar-refractivity contribution in [1.82, 2.24) is 15.2 Å². The highest BCUT2D eigenvalue weighted by molar-refractivity contribution is 6.30. The van der Waals surface area contributed by atoms with Gasteiger partial charge in [-0.2, -0.15) is 0 Å². The van der Waals surface area contributed by atoms with Gasteiger partial charge in [0.25, 0.3) is 0 Å². The third-order valence-electron chi connectivity index (χ3n) is 4.03. The summed E-state index contributed by atoms with van der Waals surface area (Å²) in [5, 5.41) is 3.37. The fourth-order valence-corrected chi connectivity index (χ4v) is 2.94. The normalized spacial score (nSPS) is 18.0. The monoisotopic (exact) mass is 363 g/mol. The highest BCUT2D eigenvalue weighted by Crippen LogP contribution is 2.24. The first-order valence-corrected chi connectivity index (χ1v) is 8.24. The molecule has 2 heterocycles. The van der Waals surface area contributed by atoms with Crippen molar-refractivity contribution in [2.75, 3.05) is 20.2 Å². The molecule has 0 radical (unpaired) electrons. The molecule has 8 heteroatoms. The molecular weight excluding hydrogens is 346 g/mol. The van der Waals surface area contributed by atoms with Crippen LogP contribution in [-0.2, 0) is 20.9 Å². The van der Waals surface area contributed by atoms with Gasteiger partial charge in [-0.05, 0) is 12.1 Å². The maximum absolute atomic E-state index is 12.1. The Hall–Kier alpha value is -2.38. The summed E-state index contributed by atoms with van der Waals surface area (Å²) in [4.78, 5) is 29.8. The number of piperazine rings is 1. The summed E-state index contributed by atoms with van der Waals surface area (Å²) in [6, 6.07) is 6.70. The molecular formula is C17H18ClN3O4. The summed E-state index contributed by atoms with van der Waals surface area (Å²) in [6.07, 6.45) is 1.62. The first kappa shape index (κ1) is 17.4. The van der Waals surface area contributed by atoms with E-state index in [2.05, 4.69) is 15.0 Å². The lowest BCUT2D eigenvalue weighted by molar-refractivity contribution is -0.146. The minimum Gasteiger partial charge on any atom is -0.469 e. The molecule has 0 unspecified atom stereocenters. The van der Waals surface area contributed by atoms with Gasteiger partial charge >= 0.3 is 5.97 Å². The SMILES string of the molecule is COC(=O)C[C@H]1C(=O)NCCN1Cc1ncc(-c2cccc(Cl)c2)o1. The zero-order valence-corrected chi connectivity index (χ0v) is 14.5. The van der Waals surface area contributed by atoms with E-state index in [9.17, 15) is 9.59 Å². The maximum atomic E-state index is 12.1. The number of carbonyl (C=O) groups excluding carboxylic acids is 2. The second-order valence-electron chi connectivity index (χ2n) is 5.69. The number of hydrogen-bond acceptors (Lipinski definition) is 6. The number of aromatic nitrogens is 1. The lowest BCUT2D eigenvalue weighted by Crippen LogP contribution is -2.55. The van der Waals surface area contributed by atoms with Gasteiger partial charge < -0.3 is 14.5 Å². The first-order valence-electron chi connectivity index (χ1n) is 7.86. The van der Waals surface area contributed by atoms with Gasteiger partial charge in [0.15, 0.2) is 5.76 Å². The van der Waals surface area contributed by atoms with E-state index in [0.717, 1.165) is 5.56 Å². The number of hydrogen-bond donors (Lipinski definition) is 1. The predicted octanol–water partition coefficient (Wildman–Crippen LogP) is 1.86. The number of carbonyl (C=O) groups is 2. The lowest BCUT2D eigenvalue weighted by Gasteiger charge is -2.33. The molecule has 0 spiro atoms.